The molecular formula is C35H54BrNO5Si2. The van der Waals surface area contributed by atoms with Gasteiger partial charge in [0.1, 0.15) is 9.93 Å². The first kappa shape index (κ1) is 36.7. The first-order valence-electron chi connectivity index (χ1n) is 15.8. The van der Waals surface area contributed by atoms with Gasteiger partial charge in [0.2, 0.25) is 5.91 Å². The molecule has 6 nitrogen and oxygen atoms in total. The van der Waals surface area contributed by atoms with Crippen molar-refractivity contribution in [3.8, 4) is 0 Å². The van der Waals surface area contributed by atoms with Crippen molar-refractivity contribution in [3.05, 3.63) is 60.7 Å². The first-order chi connectivity index (χ1) is 20.1. The minimum atomic E-state index is -2.89. The maximum atomic E-state index is 14.1. The second kappa shape index (κ2) is 13.5. The molecule has 0 unspecified atom stereocenters. The maximum Gasteiger partial charge on any atom is 0.417 e. The Kier molecular flexibility index (Phi) is 11.3. The highest BCUT2D eigenvalue weighted by molar-refractivity contribution is 9.10. The predicted octanol–water partition coefficient (Wildman–Crippen LogP) is 8.03. The van der Waals surface area contributed by atoms with Crippen molar-refractivity contribution in [2.24, 2.45) is 0 Å². The molecule has 3 rings (SSSR count). The highest BCUT2D eigenvalue weighted by atomic mass is 79.9. The first-order valence-corrected chi connectivity index (χ1v) is 21.4. The Morgan fingerprint density at radius 3 is 1.80 bits per heavy atom. The number of rotatable bonds is 10. The summed E-state index contributed by atoms with van der Waals surface area (Å²) in [7, 11) is -4.80. The number of halogens is 1. The van der Waals surface area contributed by atoms with Crippen LogP contribution in [0.15, 0.2) is 60.7 Å². The lowest BCUT2D eigenvalue weighted by Crippen LogP contribution is -2.67. The van der Waals surface area contributed by atoms with Gasteiger partial charge in [-0.2, -0.15) is 0 Å². The molecule has 1 fully saturated rings. The van der Waals surface area contributed by atoms with Crippen molar-refractivity contribution in [1.29, 1.82) is 0 Å². The number of likely N-dealkylation sites (tertiary alicyclic amines) is 1. The highest BCUT2D eigenvalue weighted by Crippen LogP contribution is 2.43. The van der Waals surface area contributed by atoms with E-state index >= 15 is 0 Å². The molecule has 0 N–H and O–H groups in total. The van der Waals surface area contributed by atoms with E-state index in [0.717, 1.165) is 10.4 Å². The maximum absolute atomic E-state index is 14.1. The molecule has 1 aliphatic rings. The quantitative estimate of drug-likeness (QED) is 0.142. The van der Waals surface area contributed by atoms with Crippen LogP contribution in [0.3, 0.4) is 0 Å². The van der Waals surface area contributed by atoms with E-state index in [1.807, 2.05) is 32.9 Å². The molecule has 0 radical (unpaired) electrons. The van der Waals surface area contributed by atoms with E-state index in [-0.39, 0.29) is 22.6 Å². The van der Waals surface area contributed by atoms with Crippen LogP contribution in [0, 0.1) is 0 Å². The number of ether oxygens (including phenoxy) is 1. The van der Waals surface area contributed by atoms with E-state index in [4.69, 9.17) is 13.6 Å². The largest absolute Gasteiger partial charge is 0.443 e. The third-order valence-corrected chi connectivity index (χ3v) is 19.6. The van der Waals surface area contributed by atoms with Crippen LogP contribution in [-0.4, -0.2) is 62.7 Å². The van der Waals surface area contributed by atoms with Crippen molar-refractivity contribution in [1.82, 2.24) is 4.90 Å². The summed E-state index contributed by atoms with van der Waals surface area (Å²) in [5, 5.41) is 2.18. The summed E-state index contributed by atoms with van der Waals surface area (Å²) >= 11 is 3.82. The Bertz CT molecular complexity index is 1230. The Labute approximate surface area is 276 Å². The average molecular weight is 705 g/mol. The Morgan fingerprint density at radius 1 is 0.864 bits per heavy atom. The molecule has 44 heavy (non-hydrogen) atoms. The number of hydrogen-bond donors (Lipinski definition) is 0. The highest BCUT2D eigenvalue weighted by Gasteiger charge is 2.56. The molecule has 0 bridgehead atoms. The third-order valence-electron chi connectivity index (χ3n) is 9.01. The van der Waals surface area contributed by atoms with Crippen LogP contribution in [0.1, 0.15) is 81.6 Å². The van der Waals surface area contributed by atoms with Gasteiger partial charge in [0, 0.05) is 6.61 Å². The summed E-state index contributed by atoms with van der Waals surface area (Å²) in [5.74, 6) is -0.268. The van der Waals surface area contributed by atoms with Crippen LogP contribution >= 0.6 is 15.9 Å². The number of carbonyl (C=O) groups is 2. The second-order valence-electron chi connectivity index (χ2n) is 15.7. The Morgan fingerprint density at radius 2 is 1.36 bits per heavy atom. The molecule has 0 saturated carbocycles. The van der Waals surface area contributed by atoms with Gasteiger partial charge in [-0.3, -0.25) is 4.79 Å². The summed E-state index contributed by atoms with van der Waals surface area (Å²) in [4.78, 5) is 29.0. The fourth-order valence-electron chi connectivity index (χ4n) is 5.70. The number of nitrogens with zero attached hydrogens (tertiary/aromatic N) is 1. The zero-order chi connectivity index (χ0) is 33.2. The standard InChI is InChI=1S/C35H54BrNO5Si2/c1-32(2,3)42-31(39)37-27(25-35(36,30(37)38)23-18-24-40-43(10,11)33(4,5)6)26-41-44(34(7,8)9,28-19-14-12-15-20-28)29-21-16-13-17-22-29/h12-17,19-22,27H,18,23-26H2,1-11H3/t27-,35+/m0/s1. The Hall–Kier alpha value is -1.79. The summed E-state index contributed by atoms with van der Waals surface area (Å²) in [6.07, 6.45) is 1.06. The van der Waals surface area contributed by atoms with E-state index in [1.54, 1.807) is 0 Å². The minimum Gasteiger partial charge on any atom is -0.443 e. The Balaban J connectivity index is 1.95. The fourth-order valence-corrected chi connectivity index (χ4v) is 12.2. The van der Waals surface area contributed by atoms with E-state index in [1.165, 1.54) is 4.90 Å². The molecule has 9 heteroatoms. The van der Waals surface area contributed by atoms with E-state index in [2.05, 4.69) is 119 Å². The van der Waals surface area contributed by atoms with Gasteiger partial charge < -0.3 is 13.6 Å². The number of alkyl halides is 1. The van der Waals surface area contributed by atoms with Crippen molar-refractivity contribution in [2.45, 2.75) is 121 Å². The molecule has 1 heterocycles. The predicted molar refractivity (Wildman–Crippen MR) is 189 cm³/mol. The summed E-state index contributed by atoms with van der Waals surface area (Å²) in [5.41, 5.74) is -0.741. The number of hydrogen-bond acceptors (Lipinski definition) is 5. The van der Waals surface area contributed by atoms with Crippen LogP contribution in [0.2, 0.25) is 23.2 Å². The monoisotopic (exact) mass is 703 g/mol. The topological polar surface area (TPSA) is 65.1 Å². The van der Waals surface area contributed by atoms with Gasteiger partial charge in [0.15, 0.2) is 8.32 Å². The summed E-state index contributed by atoms with van der Waals surface area (Å²) < 4.78 is 18.5. The van der Waals surface area contributed by atoms with Crippen LogP contribution < -0.4 is 10.4 Å². The molecule has 244 valence electrons. The number of amides is 2. The molecule has 0 spiro atoms. The molecule has 2 amide bonds. The van der Waals surface area contributed by atoms with E-state index in [9.17, 15) is 9.59 Å². The van der Waals surface area contributed by atoms with Crippen molar-refractivity contribution in [3.63, 3.8) is 0 Å². The molecule has 2 atom stereocenters. The van der Waals surface area contributed by atoms with Gasteiger partial charge >= 0.3 is 6.09 Å². The van der Waals surface area contributed by atoms with Crippen molar-refractivity contribution >= 4 is 54.9 Å². The van der Waals surface area contributed by atoms with Crippen LogP contribution in [0.4, 0.5) is 4.79 Å². The molecule has 1 aliphatic heterocycles. The van der Waals surface area contributed by atoms with Crippen LogP contribution in [-0.2, 0) is 18.4 Å². The summed E-state index contributed by atoms with van der Waals surface area (Å²) in [6.45, 7) is 24.1. The lowest BCUT2D eigenvalue weighted by Gasteiger charge is -2.44. The second-order valence-corrected chi connectivity index (χ2v) is 26.3. The molecule has 2 aromatic rings. The van der Waals surface area contributed by atoms with Crippen LogP contribution in [0.25, 0.3) is 0 Å². The zero-order valence-electron chi connectivity index (χ0n) is 28.8. The van der Waals surface area contributed by atoms with Gasteiger partial charge in [-0.15, -0.1) is 0 Å². The van der Waals surface area contributed by atoms with Gasteiger partial charge in [-0.05, 0) is 73.6 Å². The molecule has 2 aromatic carbocycles. The SMILES string of the molecule is CC(C)(C)OC(=O)N1C(=O)[C@@](Br)(CCCO[Si](C)(C)C(C)(C)C)C[C@H]1CO[Si](c1ccccc1)(c1ccccc1)C(C)(C)C. The lowest BCUT2D eigenvalue weighted by molar-refractivity contribution is -0.130. The minimum absolute atomic E-state index is 0.110. The van der Waals surface area contributed by atoms with Gasteiger partial charge in [0.05, 0.1) is 12.6 Å². The number of imide groups is 1. The van der Waals surface area contributed by atoms with Crippen LogP contribution in [0.5, 0.6) is 0 Å². The fraction of sp³-hybridized carbons (Fsp3) is 0.600. The molecule has 0 aliphatic carbocycles. The lowest BCUT2D eigenvalue weighted by atomic mass is 9.99. The van der Waals surface area contributed by atoms with Gasteiger partial charge in [-0.25, -0.2) is 9.69 Å². The van der Waals surface area contributed by atoms with Crippen molar-refractivity contribution < 1.29 is 23.2 Å². The number of carbonyl (C=O) groups excluding carboxylic acids is 2. The molecule has 1 saturated heterocycles. The average Bonchev–Trinajstić information content (AvgIpc) is 3.15. The van der Waals surface area contributed by atoms with Gasteiger partial charge in [0.25, 0.3) is 8.32 Å². The smallest absolute Gasteiger partial charge is 0.417 e. The molecular weight excluding hydrogens is 650 g/mol. The third kappa shape index (κ3) is 8.13. The van der Waals surface area contributed by atoms with Crippen molar-refractivity contribution in [2.75, 3.05) is 13.2 Å². The normalized spacial score (nSPS) is 20.2. The van der Waals surface area contributed by atoms with Gasteiger partial charge in [-0.1, -0.05) is 118 Å². The summed E-state index contributed by atoms with van der Waals surface area (Å²) in [6, 6.07) is 20.3. The van der Waals surface area contributed by atoms with E-state index in [0.29, 0.717) is 25.9 Å². The zero-order valence-corrected chi connectivity index (χ0v) is 32.3. The van der Waals surface area contributed by atoms with E-state index < -0.39 is 38.7 Å². The number of benzene rings is 2. The molecule has 0 aromatic heterocycles.